The Morgan fingerprint density at radius 2 is 2.19 bits per heavy atom. The third-order valence-corrected chi connectivity index (χ3v) is 4.10. The highest BCUT2D eigenvalue weighted by Gasteiger charge is 2.27. The number of rotatable bonds is 7. The van der Waals surface area contributed by atoms with Gasteiger partial charge in [0, 0.05) is 19.1 Å². The highest BCUT2D eigenvalue weighted by molar-refractivity contribution is 5.00. The normalized spacial score (nSPS) is 23.1. The summed E-state index contributed by atoms with van der Waals surface area (Å²) in [4.78, 5) is 6.96. The summed E-state index contributed by atoms with van der Waals surface area (Å²) in [5.74, 6) is 1.57. The minimum absolute atomic E-state index is 0.0653. The molecule has 1 aliphatic rings. The second-order valence-corrected chi connectivity index (χ2v) is 5.79. The molecule has 1 fully saturated rings. The van der Waals surface area contributed by atoms with Crippen LogP contribution in [0.25, 0.3) is 0 Å². The number of morpholine rings is 1. The molecule has 6 heteroatoms. The fraction of sp³-hybridized carbons (Fsp3) is 0.867. The van der Waals surface area contributed by atoms with Gasteiger partial charge in [-0.2, -0.15) is 4.98 Å². The molecule has 0 aromatic carbocycles. The van der Waals surface area contributed by atoms with E-state index in [1.54, 1.807) is 0 Å². The summed E-state index contributed by atoms with van der Waals surface area (Å²) in [6.07, 6.45) is 1.09. The van der Waals surface area contributed by atoms with Gasteiger partial charge in [-0.3, -0.25) is 4.90 Å². The van der Waals surface area contributed by atoms with Crippen LogP contribution in [-0.4, -0.2) is 53.9 Å². The highest BCUT2D eigenvalue weighted by atomic mass is 16.5. The predicted molar refractivity (Wildman–Crippen MR) is 81.3 cm³/mol. The average molecular weight is 296 g/mol. The number of hydrogen-bond acceptors (Lipinski definition) is 6. The van der Waals surface area contributed by atoms with Gasteiger partial charge in [-0.1, -0.05) is 25.9 Å². The molecule has 2 rings (SSSR count). The SMILES string of the molecule is CCCN1CCOC(c2noc(C(C)C(C)NCC)n2)C1. The summed E-state index contributed by atoms with van der Waals surface area (Å²) in [5.41, 5.74) is 0. The fourth-order valence-corrected chi connectivity index (χ4v) is 2.65. The van der Waals surface area contributed by atoms with Crippen LogP contribution in [0.15, 0.2) is 4.52 Å². The molecule has 2 heterocycles. The predicted octanol–water partition coefficient (Wildman–Crippen LogP) is 1.95. The number of nitrogens with zero attached hydrogens (tertiary/aromatic N) is 3. The highest BCUT2D eigenvalue weighted by Crippen LogP contribution is 2.23. The van der Waals surface area contributed by atoms with Crippen molar-refractivity contribution >= 4 is 0 Å². The van der Waals surface area contributed by atoms with Gasteiger partial charge in [0.25, 0.3) is 0 Å². The third-order valence-electron chi connectivity index (χ3n) is 4.10. The van der Waals surface area contributed by atoms with Crippen LogP contribution in [0, 0.1) is 0 Å². The van der Waals surface area contributed by atoms with Crippen molar-refractivity contribution in [2.45, 2.75) is 52.2 Å². The summed E-state index contributed by atoms with van der Waals surface area (Å²) >= 11 is 0. The lowest BCUT2D eigenvalue weighted by atomic mass is 10.0. The van der Waals surface area contributed by atoms with Crippen LogP contribution >= 0.6 is 0 Å². The monoisotopic (exact) mass is 296 g/mol. The fourth-order valence-electron chi connectivity index (χ4n) is 2.65. The Hall–Kier alpha value is -0.980. The Labute approximate surface area is 127 Å². The first-order chi connectivity index (χ1) is 10.2. The first kappa shape index (κ1) is 16.4. The van der Waals surface area contributed by atoms with Gasteiger partial charge in [0.2, 0.25) is 11.7 Å². The first-order valence-electron chi connectivity index (χ1n) is 8.06. The number of aromatic nitrogens is 2. The van der Waals surface area contributed by atoms with Crippen LogP contribution in [-0.2, 0) is 4.74 Å². The summed E-state index contributed by atoms with van der Waals surface area (Å²) in [7, 11) is 0. The van der Waals surface area contributed by atoms with E-state index in [4.69, 9.17) is 9.26 Å². The number of hydrogen-bond donors (Lipinski definition) is 1. The molecule has 21 heavy (non-hydrogen) atoms. The van der Waals surface area contributed by atoms with E-state index < -0.39 is 0 Å². The van der Waals surface area contributed by atoms with E-state index in [0.717, 1.165) is 39.2 Å². The van der Waals surface area contributed by atoms with Crippen molar-refractivity contribution in [3.63, 3.8) is 0 Å². The molecular formula is C15H28N4O2. The molecule has 6 nitrogen and oxygen atoms in total. The zero-order valence-corrected chi connectivity index (χ0v) is 13.6. The average Bonchev–Trinajstić information content (AvgIpc) is 2.97. The maximum Gasteiger partial charge on any atom is 0.231 e. The van der Waals surface area contributed by atoms with E-state index in [0.29, 0.717) is 17.8 Å². The van der Waals surface area contributed by atoms with Gasteiger partial charge < -0.3 is 14.6 Å². The third kappa shape index (κ3) is 4.25. The molecule has 1 aromatic heterocycles. The van der Waals surface area contributed by atoms with E-state index in [9.17, 15) is 0 Å². The quantitative estimate of drug-likeness (QED) is 0.830. The molecular weight excluding hydrogens is 268 g/mol. The molecule has 1 aliphatic heterocycles. The second-order valence-electron chi connectivity index (χ2n) is 5.79. The van der Waals surface area contributed by atoms with Crippen LogP contribution in [0.2, 0.25) is 0 Å². The molecule has 0 aliphatic carbocycles. The zero-order valence-electron chi connectivity index (χ0n) is 13.6. The molecule has 0 bridgehead atoms. The van der Waals surface area contributed by atoms with Crippen molar-refractivity contribution in [1.29, 1.82) is 0 Å². The van der Waals surface area contributed by atoms with Crippen LogP contribution in [0.4, 0.5) is 0 Å². The summed E-state index contributed by atoms with van der Waals surface area (Å²) in [6.45, 7) is 13.1. The molecule has 1 N–H and O–H groups in total. The minimum atomic E-state index is -0.0653. The van der Waals surface area contributed by atoms with Gasteiger partial charge in [0.1, 0.15) is 6.10 Å². The van der Waals surface area contributed by atoms with Gasteiger partial charge in [0.15, 0.2) is 0 Å². The number of nitrogens with one attached hydrogen (secondary N) is 1. The standard InChI is InChI=1S/C15H28N4O2/c1-5-7-19-8-9-20-13(10-19)14-17-15(21-18-14)11(3)12(4)16-6-2/h11-13,16H,5-10H2,1-4H3. The smallest absolute Gasteiger partial charge is 0.231 e. The lowest BCUT2D eigenvalue weighted by molar-refractivity contribution is -0.0350. The van der Waals surface area contributed by atoms with E-state index in [-0.39, 0.29) is 12.0 Å². The van der Waals surface area contributed by atoms with Gasteiger partial charge >= 0.3 is 0 Å². The van der Waals surface area contributed by atoms with E-state index >= 15 is 0 Å². The van der Waals surface area contributed by atoms with E-state index in [1.165, 1.54) is 0 Å². The Morgan fingerprint density at radius 3 is 2.90 bits per heavy atom. The van der Waals surface area contributed by atoms with Crippen LogP contribution < -0.4 is 5.32 Å². The largest absolute Gasteiger partial charge is 0.367 e. The molecule has 0 saturated carbocycles. The Kier molecular flexibility index (Phi) is 6.14. The Balaban J connectivity index is 1.98. The Bertz CT molecular complexity index is 422. The molecule has 1 saturated heterocycles. The number of likely N-dealkylation sites (N-methyl/N-ethyl adjacent to an activating group) is 1. The summed E-state index contributed by atoms with van der Waals surface area (Å²) in [6, 6.07) is 0.312. The molecule has 1 aromatic rings. The topological polar surface area (TPSA) is 63.4 Å². The lowest BCUT2D eigenvalue weighted by Crippen LogP contribution is -2.39. The van der Waals surface area contributed by atoms with Gasteiger partial charge in [-0.25, -0.2) is 0 Å². The summed E-state index contributed by atoms with van der Waals surface area (Å²) in [5, 5.41) is 7.52. The van der Waals surface area contributed by atoms with Crippen molar-refractivity contribution < 1.29 is 9.26 Å². The number of ether oxygens (including phenoxy) is 1. The van der Waals surface area contributed by atoms with Gasteiger partial charge in [0.05, 0.1) is 12.5 Å². The summed E-state index contributed by atoms with van der Waals surface area (Å²) < 4.78 is 11.2. The molecule has 0 amide bonds. The first-order valence-corrected chi connectivity index (χ1v) is 8.06. The van der Waals surface area contributed by atoms with Crippen molar-refractivity contribution in [2.24, 2.45) is 0 Å². The van der Waals surface area contributed by atoms with Crippen molar-refractivity contribution in [1.82, 2.24) is 20.4 Å². The lowest BCUT2D eigenvalue weighted by Gasteiger charge is -2.30. The van der Waals surface area contributed by atoms with Crippen LogP contribution in [0.1, 0.15) is 57.9 Å². The van der Waals surface area contributed by atoms with Crippen molar-refractivity contribution in [3.05, 3.63) is 11.7 Å². The second kappa shape index (κ2) is 7.87. The van der Waals surface area contributed by atoms with E-state index in [1.807, 2.05) is 0 Å². The Morgan fingerprint density at radius 1 is 1.38 bits per heavy atom. The minimum Gasteiger partial charge on any atom is -0.367 e. The molecule has 3 atom stereocenters. The van der Waals surface area contributed by atoms with Gasteiger partial charge in [-0.05, 0) is 26.4 Å². The van der Waals surface area contributed by atoms with Gasteiger partial charge in [-0.15, -0.1) is 0 Å². The maximum absolute atomic E-state index is 5.80. The van der Waals surface area contributed by atoms with Crippen LogP contribution in [0.5, 0.6) is 0 Å². The van der Waals surface area contributed by atoms with E-state index in [2.05, 4.69) is 48.1 Å². The molecule has 120 valence electrons. The maximum atomic E-state index is 5.80. The zero-order chi connectivity index (χ0) is 15.2. The van der Waals surface area contributed by atoms with Crippen LogP contribution in [0.3, 0.4) is 0 Å². The molecule has 0 spiro atoms. The molecule has 3 unspecified atom stereocenters. The van der Waals surface area contributed by atoms with Crippen molar-refractivity contribution in [2.75, 3.05) is 32.8 Å². The van der Waals surface area contributed by atoms with Crippen molar-refractivity contribution in [3.8, 4) is 0 Å². The molecule has 0 radical (unpaired) electrons.